The van der Waals surface area contributed by atoms with E-state index in [1.165, 1.54) is 12.5 Å². The van der Waals surface area contributed by atoms with Gasteiger partial charge in [0.25, 0.3) is 0 Å². The number of rotatable bonds is 3. The maximum Gasteiger partial charge on any atom is 0.321 e. The molecule has 0 aliphatic carbocycles. The molecule has 1 aliphatic rings. The Morgan fingerprint density at radius 2 is 1.76 bits per heavy atom. The van der Waals surface area contributed by atoms with Crippen molar-refractivity contribution >= 4 is 23.3 Å². The largest absolute Gasteiger partial charge is 0.324 e. The molecular weight excluding hydrogens is 314 g/mol. The highest BCUT2D eigenvalue weighted by Gasteiger charge is 2.27. The molecule has 5 nitrogen and oxygen atoms in total. The zero-order chi connectivity index (χ0) is 17.8. The summed E-state index contributed by atoms with van der Waals surface area (Å²) in [5.41, 5.74) is 2.82. The predicted molar refractivity (Wildman–Crippen MR) is 99.9 cm³/mol. The Hall–Kier alpha value is -2.82. The third-order valence-electron chi connectivity index (χ3n) is 4.72. The van der Waals surface area contributed by atoms with Gasteiger partial charge < -0.3 is 15.1 Å². The van der Waals surface area contributed by atoms with Crippen LogP contribution in [-0.4, -0.2) is 37.0 Å². The van der Waals surface area contributed by atoms with Crippen LogP contribution in [0, 0.1) is 0 Å². The molecular formula is C20H23N3O2. The quantitative estimate of drug-likeness (QED) is 0.929. The van der Waals surface area contributed by atoms with Gasteiger partial charge in [-0.25, -0.2) is 4.79 Å². The number of nitrogens with one attached hydrogen (secondary N) is 1. The molecule has 3 amide bonds. The maximum atomic E-state index is 12.5. The van der Waals surface area contributed by atoms with Crippen LogP contribution in [0.15, 0.2) is 54.6 Å². The number of amides is 3. The highest BCUT2D eigenvalue weighted by Crippen LogP contribution is 2.27. The van der Waals surface area contributed by atoms with Gasteiger partial charge in [0, 0.05) is 44.4 Å². The van der Waals surface area contributed by atoms with Gasteiger partial charge in [0.1, 0.15) is 0 Å². The van der Waals surface area contributed by atoms with Gasteiger partial charge in [0.05, 0.1) is 0 Å². The highest BCUT2D eigenvalue weighted by atomic mass is 16.2. The van der Waals surface area contributed by atoms with Gasteiger partial charge >= 0.3 is 6.03 Å². The first kappa shape index (κ1) is 17.0. The predicted octanol–water partition coefficient (Wildman–Crippen LogP) is 3.69. The molecule has 3 rings (SSSR count). The Morgan fingerprint density at radius 3 is 2.40 bits per heavy atom. The lowest BCUT2D eigenvalue weighted by Crippen LogP contribution is -2.32. The summed E-state index contributed by atoms with van der Waals surface area (Å²) in [6, 6.07) is 17.5. The van der Waals surface area contributed by atoms with Crippen molar-refractivity contribution in [2.75, 3.05) is 30.4 Å². The molecule has 0 radical (unpaired) electrons. The minimum absolute atomic E-state index is 0.0270. The van der Waals surface area contributed by atoms with Crippen LogP contribution in [0.5, 0.6) is 0 Å². The smallest absolute Gasteiger partial charge is 0.321 e. The summed E-state index contributed by atoms with van der Waals surface area (Å²) < 4.78 is 0. The molecule has 1 N–H and O–H groups in total. The standard InChI is InChI=1S/C20H23N3O2/c1-15(24)22(2)19-10-8-18(9-11-19)21-20(25)23-13-12-17(14-23)16-6-4-3-5-7-16/h3-11,17H,12-14H2,1-2H3,(H,21,25). The van der Waals surface area contributed by atoms with E-state index in [0.29, 0.717) is 5.92 Å². The number of hydrogen-bond donors (Lipinski definition) is 1. The van der Waals surface area contributed by atoms with E-state index >= 15 is 0 Å². The van der Waals surface area contributed by atoms with Crippen molar-refractivity contribution in [2.45, 2.75) is 19.3 Å². The first-order valence-corrected chi connectivity index (χ1v) is 8.50. The van der Waals surface area contributed by atoms with E-state index in [9.17, 15) is 9.59 Å². The lowest BCUT2D eigenvalue weighted by Gasteiger charge is -2.19. The van der Waals surface area contributed by atoms with Gasteiger partial charge in [-0.3, -0.25) is 4.79 Å². The van der Waals surface area contributed by atoms with Crippen LogP contribution in [0.1, 0.15) is 24.8 Å². The molecule has 2 aromatic carbocycles. The Morgan fingerprint density at radius 1 is 1.08 bits per heavy atom. The molecule has 1 atom stereocenters. The number of anilines is 2. The van der Waals surface area contributed by atoms with Crippen molar-refractivity contribution in [1.82, 2.24) is 4.90 Å². The van der Waals surface area contributed by atoms with Crippen molar-refractivity contribution in [3.8, 4) is 0 Å². The maximum absolute atomic E-state index is 12.5. The summed E-state index contributed by atoms with van der Waals surface area (Å²) >= 11 is 0. The molecule has 5 heteroatoms. The Labute approximate surface area is 148 Å². The van der Waals surface area contributed by atoms with Gasteiger partial charge in [-0.05, 0) is 36.2 Å². The summed E-state index contributed by atoms with van der Waals surface area (Å²) in [6.45, 7) is 3.02. The number of likely N-dealkylation sites (tertiary alicyclic amines) is 1. The molecule has 1 heterocycles. The van der Waals surface area contributed by atoms with Crippen molar-refractivity contribution < 1.29 is 9.59 Å². The number of nitrogens with zero attached hydrogens (tertiary/aromatic N) is 2. The lowest BCUT2D eigenvalue weighted by atomic mass is 9.99. The average Bonchev–Trinajstić information content (AvgIpc) is 3.13. The SMILES string of the molecule is CC(=O)N(C)c1ccc(NC(=O)N2CCC(c3ccccc3)C2)cc1. The molecule has 2 aromatic rings. The second-order valence-electron chi connectivity index (χ2n) is 6.40. The summed E-state index contributed by atoms with van der Waals surface area (Å²) in [5.74, 6) is 0.374. The van der Waals surface area contributed by atoms with E-state index in [1.54, 1.807) is 11.9 Å². The van der Waals surface area contributed by atoms with Crippen LogP contribution in [0.2, 0.25) is 0 Å². The van der Waals surface area contributed by atoms with Crippen LogP contribution in [0.3, 0.4) is 0 Å². The van der Waals surface area contributed by atoms with Crippen LogP contribution >= 0.6 is 0 Å². The van der Waals surface area contributed by atoms with E-state index < -0.39 is 0 Å². The topological polar surface area (TPSA) is 52.7 Å². The third kappa shape index (κ3) is 3.99. The molecule has 25 heavy (non-hydrogen) atoms. The van der Waals surface area contributed by atoms with Gasteiger partial charge in [-0.1, -0.05) is 30.3 Å². The lowest BCUT2D eigenvalue weighted by molar-refractivity contribution is -0.116. The molecule has 130 valence electrons. The molecule has 0 spiro atoms. The number of carbonyl (C=O) groups is 2. The van der Waals surface area contributed by atoms with Gasteiger partial charge in [-0.15, -0.1) is 0 Å². The van der Waals surface area contributed by atoms with E-state index in [4.69, 9.17) is 0 Å². The average molecular weight is 337 g/mol. The van der Waals surface area contributed by atoms with Crippen LogP contribution in [0.25, 0.3) is 0 Å². The molecule has 1 aliphatic heterocycles. The summed E-state index contributed by atoms with van der Waals surface area (Å²) in [7, 11) is 1.73. The number of urea groups is 1. The monoisotopic (exact) mass is 337 g/mol. The fourth-order valence-electron chi connectivity index (χ4n) is 3.09. The normalized spacial score (nSPS) is 16.6. The minimum Gasteiger partial charge on any atom is -0.324 e. The van der Waals surface area contributed by atoms with E-state index in [1.807, 2.05) is 47.4 Å². The van der Waals surface area contributed by atoms with Gasteiger partial charge in [0.2, 0.25) is 5.91 Å². The minimum atomic E-state index is -0.0777. The van der Waals surface area contributed by atoms with Gasteiger partial charge in [-0.2, -0.15) is 0 Å². The first-order valence-electron chi connectivity index (χ1n) is 8.50. The molecule has 0 saturated carbocycles. The molecule has 1 saturated heterocycles. The molecule has 1 fully saturated rings. The summed E-state index contributed by atoms with van der Waals surface area (Å²) in [6.07, 6.45) is 0.986. The second-order valence-corrected chi connectivity index (χ2v) is 6.40. The number of benzene rings is 2. The molecule has 0 bridgehead atoms. The third-order valence-corrected chi connectivity index (χ3v) is 4.72. The fourth-order valence-corrected chi connectivity index (χ4v) is 3.09. The number of hydrogen-bond acceptors (Lipinski definition) is 2. The fraction of sp³-hybridized carbons (Fsp3) is 0.300. The Bertz CT molecular complexity index is 743. The zero-order valence-corrected chi connectivity index (χ0v) is 14.6. The second kappa shape index (κ2) is 7.38. The molecule has 1 unspecified atom stereocenters. The van der Waals surface area contributed by atoms with Crippen LogP contribution < -0.4 is 10.2 Å². The van der Waals surface area contributed by atoms with Gasteiger partial charge in [0.15, 0.2) is 0 Å². The van der Waals surface area contributed by atoms with Crippen molar-refractivity contribution in [1.29, 1.82) is 0 Å². The summed E-state index contributed by atoms with van der Waals surface area (Å²) in [5, 5.41) is 2.93. The van der Waals surface area contributed by atoms with Crippen molar-refractivity contribution in [2.24, 2.45) is 0 Å². The van der Waals surface area contributed by atoms with Crippen molar-refractivity contribution in [3.63, 3.8) is 0 Å². The summed E-state index contributed by atoms with van der Waals surface area (Å²) in [4.78, 5) is 27.3. The van der Waals surface area contributed by atoms with E-state index in [-0.39, 0.29) is 11.9 Å². The zero-order valence-electron chi connectivity index (χ0n) is 14.6. The highest BCUT2D eigenvalue weighted by molar-refractivity contribution is 5.92. The first-order chi connectivity index (χ1) is 12.0. The van der Waals surface area contributed by atoms with Crippen molar-refractivity contribution in [3.05, 3.63) is 60.2 Å². The van der Waals surface area contributed by atoms with Crippen LogP contribution in [0.4, 0.5) is 16.2 Å². The Balaban J connectivity index is 1.58. The number of carbonyl (C=O) groups excluding carboxylic acids is 2. The van der Waals surface area contributed by atoms with E-state index in [2.05, 4.69) is 17.4 Å². The van der Waals surface area contributed by atoms with E-state index in [0.717, 1.165) is 30.9 Å². The van der Waals surface area contributed by atoms with Crippen LogP contribution in [-0.2, 0) is 4.79 Å². The molecule has 0 aromatic heterocycles. The Kier molecular flexibility index (Phi) is 5.03.